The van der Waals surface area contributed by atoms with Gasteiger partial charge in [-0.3, -0.25) is 9.20 Å². The Balaban J connectivity index is 1.45. The lowest BCUT2D eigenvalue weighted by molar-refractivity contribution is 0.0699. The van der Waals surface area contributed by atoms with E-state index in [2.05, 4.69) is 15.2 Å². The molecule has 1 atom stereocenters. The van der Waals surface area contributed by atoms with E-state index in [0.717, 1.165) is 41.8 Å². The van der Waals surface area contributed by atoms with Crippen molar-refractivity contribution in [3.63, 3.8) is 0 Å². The first kappa shape index (κ1) is 18.5. The van der Waals surface area contributed by atoms with Gasteiger partial charge in [-0.1, -0.05) is 6.07 Å². The predicted octanol–water partition coefficient (Wildman–Crippen LogP) is 3.25. The molecule has 0 radical (unpaired) electrons. The lowest BCUT2D eigenvalue weighted by Crippen LogP contribution is -2.39. The molecule has 5 rings (SSSR count). The molecule has 4 heterocycles. The maximum Gasteiger partial charge on any atom is 0.270 e. The van der Waals surface area contributed by atoms with Gasteiger partial charge < -0.3 is 19.4 Å². The summed E-state index contributed by atoms with van der Waals surface area (Å²) in [5.74, 6) is 2.40. The van der Waals surface area contributed by atoms with Crippen molar-refractivity contribution in [1.29, 1.82) is 0 Å². The number of H-pyrrole nitrogens is 1. The number of nitrogens with one attached hydrogen (secondary N) is 1. The Labute approximate surface area is 173 Å². The number of carbonyl (C=O) groups is 1. The molecule has 8 nitrogen and oxygen atoms in total. The molecule has 1 saturated heterocycles. The second-order valence-corrected chi connectivity index (χ2v) is 7.52. The lowest BCUT2D eigenvalue weighted by Gasteiger charge is -2.31. The monoisotopic (exact) mass is 405 g/mol. The normalized spacial score (nSPS) is 16.9. The van der Waals surface area contributed by atoms with Gasteiger partial charge in [0.2, 0.25) is 0 Å². The van der Waals surface area contributed by atoms with Gasteiger partial charge in [-0.25, -0.2) is 0 Å². The van der Waals surface area contributed by atoms with Crippen molar-refractivity contribution in [1.82, 2.24) is 24.5 Å². The van der Waals surface area contributed by atoms with Crippen LogP contribution in [0.25, 0.3) is 16.6 Å². The fourth-order valence-electron chi connectivity index (χ4n) is 4.31. The fraction of sp³-hybridized carbons (Fsp3) is 0.318. The van der Waals surface area contributed by atoms with Crippen LogP contribution in [0.15, 0.2) is 42.6 Å². The number of aromatic amines is 1. The maximum absolute atomic E-state index is 13.3. The van der Waals surface area contributed by atoms with E-state index in [1.54, 1.807) is 14.2 Å². The van der Waals surface area contributed by atoms with Gasteiger partial charge in [0.05, 0.1) is 19.7 Å². The predicted molar refractivity (Wildman–Crippen MR) is 112 cm³/mol. The SMILES string of the molecule is COc1ccc(OC)c2[nH]c(C(=O)N3CCC[C@@H](c4nnc5ccccn45)C3)cc12. The molecule has 1 aromatic carbocycles. The standard InChI is InChI=1S/C22H23N5O3/c1-29-17-8-9-18(30-2)20-15(17)12-16(23-20)22(28)26-10-5-6-14(13-26)21-25-24-19-7-3-4-11-27(19)21/h3-4,7-9,11-12,14,23H,5-6,10,13H2,1-2H3/t14-/m1/s1. The van der Waals surface area contributed by atoms with Gasteiger partial charge in [0.1, 0.15) is 23.0 Å². The van der Waals surface area contributed by atoms with Gasteiger partial charge in [0.25, 0.3) is 5.91 Å². The molecule has 1 aliphatic rings. The third kappa shape index (κ3) is 2.96. The summed E-state index contributed by atoms with van der Waals surface area (Å²) in [6.07, 6.45) is 3.88. The Hall–Kier alpha value is -3.55. The molecule has 4 aromatic rings. The Morgan fingerprint density at radius 2 is 1.97 bits per heavy atom. The molecule has 154 valence electrons. The maximum atomic E-state index is 13.3. The lowest BCUT2D eigenvalue weighted by atomic mass is 9.97. The highest BCUT2D eigenvalue weighted by molar-refractivity contribution is 6.01. The molecule has 0 aliphatic carbocycles. The van der Waals surface area contributed by atoms with Crippen molar-refractivity contribution >= 4 is 22.5 Å². The average molecular weight is 405 g/mol. The van der Waals surface area contributed by atoms with Crippen LogP contribution in [0.5, 0.6) is 11.5 Å². The number of aromatic nitrogens is 4. The minimum Gasteiger partial charge on any atom is -0.496 e. The van der Waals surface area contributed by atoms with Crippen molar-refractivity contribution in [3.05, 3.63) is 54.1 Å². The van der Waals surface area contributed by atoms with E-state index < -0.39 is 0 Å². The van der Waals surface area contributed by atoms with Crippen molar-refractivity contribution in [2.75, 3.05) is 27.3 Å². The van der Waals surface area contributed by atoms with Crippen LogP contribution in [0.2, 0.25) is 0 Å². The quantitative estimate of drug-likeness (QED) is 0.563. The van der Waals surface area contributed by atoms with Gasteiger partial charge in [-0.15, -0.1) is 10.2 Å². The Bertz CT molecular complexity index is 1190. The van der Waals surface area contributed by atoms with Gasteiger partial charge in [0, 0.05) is 30.6 Å². The molecule has 1 fully saturated rings. The number of likely N-dealkylation sites (tertiary alicyclic amines) is 1. The van der Waals surface area contributed by atoms with E-state index >= 15 is 0 Å². The molecule has 3 aromatic heterocycles. The number of hydrogen-bond donors (Lipinski definition) is 1. The summed E-state index contributed by atoms with van der Waals surface area (Å²) in [5, 5.41) is 9.49. The summed E-state index contributed by atoms with van der Waals surface area (Å²) >= 11 is 0. The number of carbonyl (C=O) groups excluding carboxylic acids is 1. The van der Waals surface area contributed by atoms with E-state index in [9.17, 15) is 4.79 Å². The van der Waals surface area contributed by atoms with Gasteiger partial charge >= 0.3 is 0 Å². The summed E-state index contributed by atoms with van der Waals surface area (Å²) in [7, 11) is 3.23. The number of fused-ring (bicyclic) bond motifs is 2. The first-order valence-electron chi connectivity index (χ1n) is 10.0. The number of hydrogen-bond acceptors (Lipinski definition) is 5. The summed E-state index contributed by atoms with van der Waals surface area (Å²) < 4.78 is 12.9. The molecule has 0 bridgehead atoms. The molecule has 0 unspecified atom stereocenters. The molecule has 1 amide bonds. The number of amides is 1. The van der Waals surface area contributed by atoms with E-state index in [1.807, 2.05) is 51.9 Å². The summed E-state index contributed by atoms with van der Waals surface area (Å²) in [4.78, 5) is 18.4. The highest BCUT2D eigenvalue weighted by Crippen LogP contribution is 2.34. The summed E-state index contributed by atoms with van der Waals surface area (Å²) in [5.41, 5.74) is 2.11. The molecule has 30 heavy (non-hydrogen) atoms. The number of ether oxygens (including phenoxy) is 2. The largest absolute Gasteiger partial charge is 0.496 e. The first-order valence-corrected chi connectivity index (χ1v) is 10.0. The van der Waals surface area contributed by atoms with Crippen molar-refractivity contribution in [2.24, 2.45) is 0 Å². The second-order valence-electron chi connectivity index (χ2n) is 7.52. The van der Waals surface area contributed by atoms with Crippen LogP contribution < -0.4 is 9.47 Å². The van der Waals surface area contributed by atoms with Crippen molar-refractivity contribution < 1.29 is 14.3 Å². The minimum absolute atomic E-state index is 0.0335. The number of pyridine rings is 1. The Morgan fingerprint density at radius 1 is 1.13 bits per heavy atom. The summed E-state index contributed by atoms with van der Waals surface area (Å²) in [6, 6.07) is 11.4. The third-order valence-electron chi connectivity index (χ3n) is 5.80. The Kier molecular flexibility index (Phi) is 4.54. The van der Waals surface area contributed by atoms with Gasteiger partial charge in [-0.2, -0.15) is 0 Å². The van der Waals surface area contributed by atoms with Crippen LogP contribution in [0, 0.1) is 0 Å². The molecular formula is C22H23N5O3. The Morgan fingerprint density at radius 3 is 2.80 bits per heavy atom. The van der Waals surface area contributed by atoms with Crippen LogP contribution in [0.1, 0.15) is 35.1 Å². The highest BCUT2D eigenvalue weighted by Gasteiger charge is 2.29. The van der Waals surface area contributed by atoms with Crippen LogP contribution >= 0.6 is 0 Å². The van der Waals surface area contributed by atoms with E-state index in [1.165, 1.54) is 0 Å². The molecule has 0 spiro atoms. The zero-order chi connectivity index (χ0) is 20.7. The van der Waals surface area contributed by atoms with Crippen LogP contribution in [-0.4, -0.2) is 57.7 Å². The fourth-order valence-corrected chi connectivity index (χ4v) is 4.31. The van der Waals surface area contributed by atoms with Gasteiger partial charge in [0.15, 0.2) is 5.65 Å². The third-order valence-corrected chi connectivity index (χ3v) is 5.80. The molecule has 0 saturated carbocycles. The van der Waals surface area contributed by atoms with Crippen LogP contribution in [-0.2, 0) is 0 Å². The zero-order valence-corrected chi connectivity index (χ0v) is 17.0. The molecule has 1 N–H and O–H groups in total. The average Bonchev–Trinajstić information content (AvgIpc) is 3.43. The van der Waals surface area contributed by atoms with Crippen LogP contribution in [0.4, 0.5) is 0 Å². The topological polar surface area (TPSA) is 84.8 Å². The number of piperidine rings is 1. The van der Waals surface area contributed by atoms with Gasteiger partial charge in [-0.05, 0) is 43.2 Å². The molecule has 1 aliphatic heterocycles. The van der Waals surface area contributed by atoms with Crippen molar-refractivity contribution in [3.8, 4) is 11.5 Å². The van der Waals surface area contributed by atoms with E-state index in [0.29, 0.717) is 23.7 Å². The zero-order valence-electron chi connectivity index (χ0n) is 17.0. The number of rotatable bonds is 4. The smallest absolute Gasteiger partial charge is 0.270 e. The number of nitrogens with zero attached hydrogens (tertiary/aromatic N) is 4. The first-order chi connectivity index (χ1) is 14.7. The van der Waals surface area contributed by atoms with Crippen LogP contribution in [0.3, 0.4) is 0 Å². The summed E-state index contributed by atoms with van der Waals surface area (Å²) in [6.45, 7) is 1.33. The number of methoxy groups -OCH3 is 2. The minimum atomic E-state index is -0.0335. The highest BCUT2D eigenvalue weighted by atomic mass is 16.5. The van der Waals surface area contributed by atoms with E-state index in [4.69, 9.17) is 9.47 Å². The molecule has 8 heteroatoms. The van der Waals surface area contributed by atoms with Crippen molar-refractivity contribution in [2.45, 2.75) is 18.8 Å². The molecular weight excluding hydrogens is 382 g/mol. The second kappa shape index (κ2) is 7.37. The number of benzene rings is 1. The van der Waals surface area contributed by atoms with E-state index in [-0.39, 0.29) is 11.8 Å².